The number of carbonyl (C=O) groups is 4. The molecule has 0 spiro atoms. The van der Waals surface area contributed by atoms with E-state index in [4.69, 9.17) is 19.4 Å². The lowest BCUT2D eigenvalue weighted by Gasteiger charge is -2.36. The van der Waals surface area contributed by atoms with E-state index >= 15 is 0 Å². The molecular formula is C42H53N7O6S. The number of aromatic nitrogens is 3. The first-order valence-corrected chi connectivity index (χ1v) is 20.6. The molecule has 2 fully saturated rings. The number of hydrazine groups is 1. The Morgan fingerprint density at radius 1 is 1.16 bits per heavy atom. The van der Waals surface area contributed by atoms with Crippen LogP contribution in [0, 0.1) is 11.3 Å². The van der Waals surface area contributed by atoms with Gasteiger partial charge in [-0.2, -0.15) is 0 Å². The van der Waals surface area contributed by atoms with E-state index < -0.39 is 29.4 Å². The zero-order valence-corrected chi connectivity index (χ0v) is 34.0. The summed E-state index contributed by atoms with van der Waals surface area (Å²) < 4.78 is 14.2. The Bertz CT molecular complexity index is 2130. The topological polar surface area (TPSA) is 148 Å². The van der Waals surface area contributed by atoms with Gasteiger partial charge in [0.25, 0.3) is 5.91 Å². The highest BCUT2D eigenvalue weighted by molar-refractivity contribution is 7.10. The minimum Gasteiger partial charge on any atom is -0.464 e. The van der Waals surface area contributed by atoms with Crippen LogP contribution in [0.4, 0.5) is 0 Å². The fourth-order valence-electron chi connectivity index (χ4n) is 8.33. The van der Waals surface area contributed by atoms with Crippen LogP contribution in [-0.2, 0) is 48.0 Å². The van der Waals surface area contributed by atoms with Crippen LogP contribution in [-0.4, -0.2) is 93.6 Å². The van der Waals surface area contributed by atoms with Crippen molar-refractivity contribution in [3.05, 3.63) is 58.2 Å². The van der Waals surface area contributed by atoms with Crippen molar-refractivity contribution in [2.75, 3.05) is 33.4 Å². The quantitative estimate of drug-likeness (QED) is 0.243. The van der Waals surface area contributed by atoms with Crippen molar-refractivity contribution in [2.24, 2.45) is 11.3 Å². The van der Waals surface area contributed by atoms with Gasteiger partial charge in [-0.25, -0.2) is 10.4 Å². The van der Waals surface area contributed by atoms with Gasteiger partial charge in [-0.05, 0) is 75.8 Å². The number of carbonyl (C=O) groups excluding carboxylic acids is 4. The molecule has 13 nitrogen and oxygen atoms in total. The van der Waals surface area contributed by atoms with Crippen molar-refractivity contribution in [1.29, 1.82) is 0 Å². The van der Waals surface area contributed by atoms with Crippen molar-refractivity contribution in [2.45, 2.75) is 97.9 Å². The monoisotopic (exact) mass is 783 g/mol. The summed E-state index contributed by atoms with van der Waals surface area (Å²) in [5.74, 6) is -1.53. The van der Waals surface area contributed by atoms with Crippen LogP contribution < -0.4 is 10.7 Å². The molecule has 1 aromatic carbocycles. The van der Waals surface area contributed by atoms with E-state index in [-0.39, 0.29) is 36.9 Å². The number of aryl methyl sites for hydroxylation is 1. The fourth-order valence-corrected chi connectivity index (χ4v) is 9.18. The lowest BCUT2D eigenvalue weighted by atomic mass is 9.84. The third-order valence-corrected chi connectivity index (χ3v) is 12.3. The van der Waals surface area contributed by atoms with Crippen LogP contribution in [0.2, 0.25) is 0 Å². The van der Waals surface area contributed by atoms with E-state index in [1.807, 2.05) is 18.4 Å². The molecule has 3 amide bonds. The van der Waals surface area contributed by atoms with E-state index in [1.54, 1.807) is 18.2 Å². The molecule has 2 N–H and O–H groups in total. The highest BCUT2D eigenvalue weighted by atomic mass is 32.1. The molecule has 3 aliphatic heterocycles. The first-order chi connectivity index (χ1) is 26.9. The van der Waals surface area contributed by atoms with Gasteiger partial charge in [0.2, 0.25) is 11.8 Å². The van der Waals surface area contributed by atoms with Crippen molar-refractivity contribution in [1.82, 2.24) is 35.2 Å². The number of benzene rings is 1. The predicted molar refractivity (Wildman–Crippen MR) is 214 cm³/mol. The molecule has 2 saturated heterocycles. The SMILES string of the molecule is CCn1c(-c2cccnc2[C@H](C)OC)c2c3cc(ccc31)-c1csc(n1)C[C@H](NC(=O)[C@@H]1CCCN(C(C)=O)C1)C(=O)N1CCC[C@H](N1)C(=O)OCC(C)(C)C2. The van der Waals surface area contributed by atoms with Crippen molar-refractivity contribution >= 4 is 45.9 Å². The largest absolute Gasteiger partial charge is 0.464 e. The number of pyridine rings is 1. The minimum absolute atomic E-state index is 0.0701. The Balaban J connectivity index is 1.31. The normalized spacial score (nSPS) is 22.4. The average Bonchev–Trinajstić information content (AvgIpc) is 3.80. The predicted octanol–water partition coefficient (Wildman–Crippen LogP) is 5.46. The Labute approximate surface area is 332 Å². The summed E-state index contributed by atoms with van der Waals surface area (Å²) in [6.45, 7) is 12.1. The Morgan fingerprint density at radius 3 is 2.73 bits per heavy atom. The second kappa shape index (κ2) is 16.4. The number of likely N-dealkylation sites (tertiary alicyclic amines) is 1. The maximum atomic E-state index is 14.3. The summed E-state index contributed by atoms with van der Waals surface area (Å²) in [5, 5.41) is 8.27. The zero-order valence-electron chi connectivity index (χ0n) is 33.2. The zero-order chi connectivity index (χ0) is 39.7. The molecular weight excluding hydrogens is 731 g/mol. The number of rotatable bonds is 6. The lowest BCUT2D eigenvalue weighted by Crippen LogP contribution is -2.61. The number of cyclic esters (lactones) is 1. The number of esters is 1. The summed E-state index contributed by atoms with van der Waals surface area (Å²) >= 11 is 1.45. The van der Waals surface area contributed by atoms with Crippen LogP contribution in [0.1, 0.15) is 82.7 Å². The maximum Gasteiger partial charge on any atom is 0.324 e. The third-order valence-electron chi connectivity index (χ3n) is 11.4. The van der Waals surface area contributed by atoms with E-state index in [0.717, 1.165) is 51.2 Å². The molecule has 4 atom stereocenters. The van der Waals surface area contributed by atoms with Crippen molar-refractivity contribution in [3.63, 3.8) is 0 Å². The molecule has 0 saturated carbocycles. The molecule has 0 aliphatic carbocycles. The molecule has 0 radical (unpaired) electrons. The van der Waals surface area contributed by atoms with Gasteiger partial charge in [0.1, 0.15) is 12.1 Å². The van der Waals surface area contributed by atoms with Gasteiger partial charge >= 0.3 is 5.97 Å². The molecule has 7 rings (SSSR count). The summed E-state index contributed by atoms with van der Waals surface area (Å²) in [6, 6.07) is 8.82. The number of amides is 3. The summed E-state index contributed by atoms with van der Waals surface area (Å²) in [6.07, 6.45) is 4.78. The summed E-state index contributed by atoms with van der Waals surface area (Å²) in [4.78, 5) is 65.4. The Kier molecular flexibility index (Phi) is 11.6. The summed E-state index contributed by atoms with van der Waals surface area (Å²) in [5.41, 5.74) is 9.48. The van der Waals surface area contributed by atoms with Crippen LogP contribution in [0.15, 0.2) is 41.9 Å². The van der Waals surface area contributed by atoms with Gasteiger partial charge in [0, 0.05) is 85.7 Å². The molecule has 3 aliphatic rings. The second-order valence-electron chi connectivity index (χ2n) is 16.1. The number of piperidine rings is 1. The second-order valence-corrected chi connectivity index (χ2v) is 17.0. The number of thiazole rings is 1. The highest BCUT2D eigenvalue weighted by Gasteiger charge is 2.37. The number of nitrogens with zero attached hydrogens (tertiary/aromatic N) is 5. The van der Waals surface area contributed by atoms with Gasteiger partial charge in [-0.15, -0.1) is 11.3 Å². The van der Waals surface area contributed by atoms with Gasteiger partial charge in [-0.1, -0.05) is 19.9 Å². The van der Waals surface area contributed by atoms with E-state index in [2.05, 4.69) is 60.3 Å². The van der Waals surface area contributed by atoms with Gasteiger partial charge in [0.15, 0.2) is 0 Å². The van der Waals surface area contributed by atoms with Crippen molar-refractivity contribution in [3.8, 4) is 22.5 Å². The molecule has 3 aromatic heterocycles. The number of hydrogen-bond acceptors (Lipinski definition) is 10. The van der Waals surface area contributed by atoms with Crippen molar-refractivity contribution < 1.29 is 28.7 Å². The fraction of sp³-hybridized carbons (Fsp3) is 0.524. The standard InChI is InChI=1S/C42H53N7O6S/c1-7-48-35-15-14-27-19-30(35)31(38(48)29-12-8-16-43-37(29)25(2)54-6)21-42(4,5)24-55-41(53)32-13-10-18-49(46-32)40(52)33(20-36-44-34(27)23-56-36)45-39(51)28-11-9-17-47(22-28)26(3)50/h8,12,14-16,19,23,25,28,32-33,46H,7,9-11,13,17-18,20-22,24H2,1-6H3,(H,45,51)/t25-,28+,32-,33-/m0/s1. The third kappa shape index (κ3) is 8.10. The molecule has 14 heteroatoms. The number of nitrogens with one attached hydrogen (secondary N) is 2. The summed E-state index contributed by atoms with van der Waals surface area (Å²) in [7, 11) is 1.69. The van der Waals surface area contributed by atoms with Crippen LogP contribution in [0.3, 0.4) is 0 Å². The maximum absolute atomic E-state index is 14.3. The lowest BCUT2D eigenvalue weighted by molar-refractivity contribution is -0.155. The number of hydrogen-bond donors (Lipinski definition) is 2. The van der Waals surface area contributed by atoms with Gasteiger partial charge in [-0.3, -0.25) is 29.2 Å². The number of ether oxygens (including phenoxy) is 2. The first kappa shape index (κ1) is 39.6. The molecule has 6 heterocycles. The van der Waals surface area contributed by atoms with Crippen LogP contribution in [0.5, 0.6) is 0 Å². The Hall–Kier alpha value is -4.66. The first-order valence-electron chi connectivity index (χ1n) is 19.8. The number of fused-ring (bicyclic) bond motifs is 6. The van der Waals surface area contributed by atoms with E-state index in [0.29, 0.717) is 56.7 Å². The smallest absolute Gasteiger partial charge is 0.324 e. The highest BCUT2D eigenvalue weighted by Crippen LogP contribution is 2.42. The van der Waals surface area contributed by atoms with E-state index in [9.17, 15) is 19.2 Å². The molecule has 56 heavy (non-hydrogen) atoms. The number of methoxy groups -OCH3 is 1. The minimum atomic E-state index is -0.937. The Morgan fingerprint density at radius 2 is 1.96 bits per heavy atom. The van der Waals surface area contributed by atoms with Crippen LogP contribution >= 0.6 is 11.3 Å². The molecule has 4 aromatic rings. The van der Waals surface area contributed by atoms with E-state index in [1.165, 1.54) is 23.3 Å². The average molecular weight is 784 g/mol. The molecule has 6 bridgehead atoms. The molecule has 298 valence electrons. The van der Waals surface area contributed by atoms with Crippen LogP contribution in [0.25, 0.3) is 33.4 Å². The van der Waals surface area contributed by atoms with Gasteiger partial charge in [0.05, 0.1) is 40.7 Å². The molecule has 0 unspecified atom stereocenters. The van der Waals surface area contributed by atoms with Gasteiger partial charge < -0.3 is 24.3 Å².